The third kappa shape index (κ3) is 5.44. The van der Waals surface area contributed by atoms with Gasteiger partial charge in [0.2, 0.25) is 0 Å². The van der Waals surface area contributed by atoms with Crippen LogP contribution in [0.15, 0.2) is 65.8 Å². The van der Waals surface area contributed by atoms with Crippen LogP contribution >= 0.6 is 11.8 Å². The minimum Gasteiger partial charge on any atom is -0.272 e. The average molecular weight is 298 g/mol. The van der Waals surface area contributed by atoms with Crippen molar-refractivity contribution >= 4 is 23.9 Å². The summed E-state index contributed by atoms with van der Waals surface area (Å²) in [4.78, 5) is 11.9. The van der Waals surface area contributed by atoms with Gasteiger partial charge in [0.05, 0.1) is 11.5 Å². The Morgan fingerprint density at radius 2 is 1.76 bits per heavy atom. The zero-order chi connectivity index (χ0) is 14.9. The van der Waals surface area contributed by atoms with Gasteiger partial charge in [0.25, 0.3) is 5.91 Å². The van der Waals surface area contributed by atoms with Crippen LogP contribution in [0.4, 0.5) is 0 Å². The highest BCUT2D eigenvalue weighted by Crippen LogP contribution is 2.17. The van der Waals surface area contributed by atoms with Gasteiger partial charge in [0.1, 0.15) is 0 Å². The molecule has 3 nitrogen and oxygen atoms in total. The molecule has 0 aliphatic carbocycles. The van der Waals surface area contributed by atoms with Crippen molar-refractivity contribution < 1.29 is 4.79 Å². The Hall–Kier alpha value is -2.07. The molecular formula is C17H18N2OS. The molecule has 0 aliphatic rings. The Bertz CT molecular complexity index is 584. The molecule has 0 heterocycles. The molecule has 2 rings (SSSR count). The Morgan fingerprint density at radius 1 is 1.14 bits per heavy atom. The van der Waals surface area contributed by atoms with E-state index < -0.39 is 0 Å². The molecule has 2 aromatic rings. The summed E-state index contributed by atoms with van der Waals surface area (Å²) >= 11 is 1.60. The van der Waals surface area contributed by atoms with Gasteiger partial charge in [-0.2, -0.15) is 5.10 Å². The minimum absolute atomic E-state index is 0.0805. The van der Waals surface area contributed by atoms with Gasteiger partial charge >= 0.3 is 0 Å². The summed E-state index contributed by atoms with van der Waals surface area (Å²) in [5.41, 5.74) is 4.75. The van der Waals surface area contributed by atoms with Crippen molar-refractivity contribution in [1.82, 2.24) is 5.43 Å². The Kier molecular flexibility index (Phi) is 6.03. The molecule has 0 fully saturated rings. The van der Waals surface area contributed by atoms with E-state index in [2.05, 4.69) is 22.7 Å². The quantitative estimate of drug-likeness (QED) is 0.655. The van der Waals surface area contributed by atoms with Gasteiger partial charge in [-0.05, 0) is 18.1 Å². The third-order valence-electron chi connectivity index (χ3n) is 2.90. The van der Waals surface area contributed by atoms with Crippen LogP contribution in [0, 0.1) is 0 Å². The second-order valence-corrected chi connectivity index (χ2v) is 5.91. The second kappa shape index (κ2) is 8.27. The Balaban J connectivity index is 1.76. The summed E-state index contributed by atoms with van der Waals surface area (Å²) in [5.74, 6) is 0.737. The molecule has 0 spiro atoms. The van der Waals surface area contributed by atoms with Gasteiger partial charge in [-0.25, -0.2) is 5.43 Å². The predicted molar refractivity (Wildman–Crippen MR) is 89.4 cm³/mol. The van der Waals surface area contributed by atoms with E-state index in [0.717, 1.165) is 11.3 Å². The molecular weight excluding hydrogens is 280 g/mol. The monoisotopic (exact) mass is 298 g/mol. The normalized spacial score (nSPS) is 12.2. The largest absolute Gasteiger partial charge is 0.272 e. The van der Waals surface area contributed by atoms with Gasteiger partial charge in [0, 0.05) is 5.75 Å². The van der Waals surface area contributed by atoms with E-state index in [-0.39, 0.29) is 11.2 Å². The molecule has 0 bridgehead atoms. The number of hydrogen-bond acceptors (Lipinski definition) is 3. The van der Waals surface area contributed by atoms with Crippen molar-refractivity contribution in [2.45, 2.75) is 17.9 Å². The summed E-state index contributed by atoms with van der Waals surface area (Å²) in [6.45, 7) is 1.89. The molecule has 108 valence electrons. The first-order valence-electron chi connectivity index (χ1n) is 6.79. The predicted octanol–water partition coefficient (Wildman–Crippen LogP) is 3.46. The number of benzene rings is 2. The summed E-state index contributed by atoms with van der Waals surface area (Å²) in [6, 6.07) is 19.8. The molecule has 1 amide bonds. The zero-order valence-corrected chi connectivity index (χ0v) is 12.7. The molecule has 1 N–H and O–H groups in total. The maximum atomic E-state index is 11.9. The summed E-state index contributed by atoms with van der Waals surface area (Å²) < 4.78 is 0. The van der Waals surface area contributed by atoms with Crippen LogP contribution in [0.5, 0.6) is 0 Å². The van der Waals surface area contributed by atoms with Crippen molar-refractivity contribution in [3.8, 4) is 0 Å². The van der Waals surface area contributed by atoms with Gasteiger partial charge in [0.15, 0.2) is 0 Å². The number of thioether (sulfide) groups is 1. The van der Waals surface area contributed by atoms with Crippen LogP contribution in [0.2, 0.25) is 0 Å². The van der Waals surface area contributed by atoms with E-state index in [4.69, 9.17) is 0 Å². The first-order valence-corrected chi connectivity index (χ1v) is 7.84. The van der Waals surface area contributed by atoms with Crippen LogP contribution in [-0.4, -0.2) is 17.4 Å². The molecule has 4 heteroatoms. The first kappa shape index (κ1) is 15.3. The van der Waals surface area contributed by atoms with Gasteiger partial charge in [-0.15, -0.1) is 11.8 Å². The molecule has 0 radical (unpaired) electrons. The summed E-state index contributed by atoms with van der Waals surface area (Å²) in [6.07, 6.45) is 1.65. The van der Waals surface area contributed by atoms with Crippen LogP contribution < -0.4 is 5.43 Å². The molecule has 0 saturated heterocycles. The highest BCUT2D eigenvalue weighted by molar-refractivity contribution is 7.99. The van der Waals surface area contributed by atoms with E-state index in [1.54, 1.807) is 18.0 Å². The van der Waals surface area contributed by atoms with Crippen molar-refractivity contribution in [1.29, 1.82) is 0 Å². The SMILES string of the molecule is CC(SCc1ccccc1)C(=O)N/N=C/c1ccccc1. The fourth-order valence-electron chi connectivity index (χ4n) is 1.67. The number of hydrazone groups is 1. The minimum atomic E-state index is -0.141. The number of hydrogen-bond donors (Lipinski definition) is 1. The summed E-state index contributed by atoms with van der Waals surface area (Å²) in [7, 11) is 0. The standard InChI is InChI=1S/C17H18N2OS/c1-14(21-13-16-10-6-3-7-11-16)17(20)19-18-12-15-8-4-2-5-9-15/h2-12,14H,13H2,1H3,(H,19,20)/b18-12+. The van der Waals surface area contributed by atoms with E-state index in [9.17, 15) is 4.79 Å². The molecule has 1 atom stereocenters. The van der Waals surface area contributed by atoms with Gasteiger partial charge in [-0.1, -0.05) is 60.7 Å². The summed E-state index contributed by atoms with van der Waals surface area (Å²) in [5, 5.41) is 3.84. The Labute approximate surface area is 129 Å². The maximum absolute atomic E-state index is 11.9. The molecule has 21 heavy (non-hydrogen) atoms. The number of amides is 1. The van der Waals surface area contributed by atoms with Crippen LogP contribution in [-0.2, 0) is 10.5 Å². The lowest BCUT2D eigenvalue weighted by atomic mass is 10.2. The fraction of sp³-hybridized carbons (Fsp3) is 0.176. The number of carbonyl (C=O) groups is 1. The Morgan fingerprint density at radius 3 is 2.43 bits per heavy atom. The lowest BCUT2D eigenvalue weighted by molar-refractivity contribution is -0.120. The van der Waals surface area contributed by atoms with E-state index >= 15 is 0 Å². The molecule has 1 unspecified atom stereocenters. The fourth-order valence-corrected chi connectivity index (χ4v) is 2.51. The highest BCUT2D eigenvalue weighted by Gasteiger charge is 2.12. The van der Waals surface area contributed by atoms with Crippen molar-refractivity contribution in [2.24, 2.45) is 5.10 Å². The number of nitrogens with one attached hydrogen (secondary N) is 1. The van der Waals surface area contributed by atoms with E-state index in [0.29, 0.717) is 0 Å². The van der Waals surface area contributed by atoms with Crippen molar-refractivity contribution in [3.05, 3.63) is 71.8 Å². The molecule has 0 saturated carbocycles. The lowest BCUT2D eigenvalue weighted by Crippen LogP contribution is -2.26. The van der Waals surface area contributed by atoms with E-state index in [1.165, 1.54) is 5.56 Å². The highest BCUT2D eigenvalue weighted by atomic mass is 32.2. The van der Waals surface area contributed by atoms with Crippen LogP contribution in [0.1, 0.15) is 18.1 Å². The number of rotatable bonds is 6. The molecule has 2 aromatic carbocycles. The first-order chi connectivity index (χ1) is 10.3. The smallest absolute Gasteiger partial charge is 0.252 e. The van der Waals surface area contributed by atoms with Crippen molar-refractivity contribution in [3.63, 3.8) is 0 Å². The average Bonchev–Trinajstić information content (AvgIpc) is 2.54. The number of nitrogens with zero attached hydrogens (tertiary/aromatic N) is 1. The topological polar surface area (TPSA) is 41.5 Å². The van der Waals surface area contributed by atoms with Crippen molar-refractivity contribution in [2.75, 3.05) is 0 Å². The van der Waals surface area contributed by atoms with E-state index in [1.807, 2.05) is 55.5 Å². The lowest BCUT2D eigenvalue weighted by Gasteiger charge is -2.09. The van der Waals surface area contributed by atoms with Gasteiger partial charge in [-0.3, -0.25) is 4.79 Å². The van der Waals surface area contributed by atoms with Crippen LogP contribution in [0.25, 0.3) is 0 Å². The second-order valence-electron chi connectivity index (χ2n) is 4.58. The number of carbonyl (C=O) groups excluding carboxylic acids is 1. The third-order valence-corrected chi connectivity index (χ3v) is 4.11. The molecule has 0 aromatic heterocycles. The zero-order valence-electron chi connectivity index (χ0n) is 11.9. The maximum Gasteiger partial charge on any atom is 0.252 e. The van der Waals surface area contributed by atoms with Crippen LogP contribution in [0.3, 0.4) is 0 Å². The van der Waals surface area contributed by atoms with Gasteiger partial charge < -0.3 is 0 Å². The molecule has 0 aliphatic heterocycles.